The third kappa shape index (κ3) is 3.90. The highest BCUT2D eigenvalue weighted by Gasteiger charge is 2.13. The predicted octanol–water partition coefficient (Wildman–Crippen LogP) is 1.71. The van der Waals surface area contributed by atoms with Gasteiger partial charge in [0.05, 0.1) is 5.56 Å². The Bertz CT molecular complexity index is 372. The standard InChI is InChI=1S/C13H17NO3/c1-3-14(4-2)12(15)10-17-13(16)11-8-6-5-7-9-11/h5-9H,3-4,10H2,1-2H3. The molecule has 0 spiro atoms. The van der Waals surface area contributed by atoms with Crippen LogP contribution in [-0.4, -0.2) is 36.5 Å². The van der Waals surface area contributed by atoms with Crippen LogP contribution in [0.5, 0.6) is 0 Å². The molecule has 1 aromatic carbocycles. The van der Waals surface area contributed by atoms with Crippen LogP contribution < -0.4 is 0 Å². The molecule has 0 N–H and O–H groups in total. The highest BCUT2D eigenvalue weighted by atomic mass is 16.5. The van der Waals surface area contributed by atoms with Crippen molar-refractivity contribution in [1.82, 2.24) is 4.90 Å². The second kappa shape index (κ2) is 6.68. The number of amides is 1. The summed E-state index contributed by atoms with van der Waals surface area (Å²) in [5.41, 5.74) is 0.458. The lowest BCUT2D eigenvalue weighted by Crippen LogP contribution is -2.34. The first-order valence-corrected chi connectivity index (χ1v) is 5.69. The average Bonchev–Trinajstić information content (AvgIpc) is 2.38. The van der Waals surface area contributed by atoms with Crippen LogP contribution in [0, 0.1) is 0 Å². The number of hydrogen-bond acceptors (Lipinski definition) is 3. The molecule has 1 rings (SSSR count). The molecule has 0 saturated heterocycles. The van der Waals surface area contributed by atoms with Gasteiger partial charge in [-0.05, 0) is 26.0 Å². The van der Waals surface area contributed by atoms with E-state index in [9.17, 15) is 9.59 Å². The Hall–Kier alpha value is -1.84. The number of rotatable bonds is 5. The van der Waals surface area contributed by atoms with Gasteiger partial charge in [0, 0.05) is 13.1 Å². The van der Waals surface area contributed by atoms with E-state index in [2.05, 4.69) is 0 Å². The Kier molecular flexibility index (Phi) is 5.20. The van der Waals surface area contributed by atoms with Crippen LogP contribution in [-0.2, 0) is 9.53 Å². The number of ether oxygens (including phenoxy) is 1. The molecule has 4 heteroatoms. The van der Waals surface area contributed by atoms with Gasteiger partial charge in [0.2, 0.25) is 0 Å². The fraction of sp³-hybridized carbons (Fsp3) is 0.385. The van der Waals surface area contributed by atoms with Crippen molar-refractivity contribution in [2.24, 2.45) is 0 Å². The second-order valence-electron chi connectivity index (χ2n) is 3.51. The average molecular weight is 235 g/mol. The predicted molar refractivity (Wildman–Crippen MR) is 64.7 cm³/mol. The van der Waals surface area contributed by atoms with E-state index in [1.807, 2.05) is 19.9 Å². The van der Waals surface area contributed by atoms with E-state index >= 15 is 0 Å². The molecule has 0 radical (unpaired) electrons. The summed E-state index contributed by atoms with van der Waals surface area (Å²) >= 11 is 0. The van der Waals surface area contributed by atoms with Gasteiger partial charge in [-0.2, -0.15) is 0 Å². The molecule has 0 bridgehead atoms. The molecule has 92 valence electrons. The zero-order chi connectivity index (χ0) is 12.7. The molecule has 0 heterocycles. The first-order chi connectivity index (χ1) is 8.19. The van der Waals surface area contributed by atoms with Crippen molar-refractivity contribution in [1.29, 1.82) is 0 Å². The SMILES string of the molecule is CCN(CC)C(=O)COC(=O)c1ccccc1. The number of esters is 1. The lowest BCUT2D eigenvalue weighted by molar-refractivity contribution is -0.134. The Labute approximate surface area is 101 Å². The first kappa shape index (κ1) is 13.2. The van der Waals surface area contributed by atoms with Gasteiger partial charge in [0.25, 0.3) is 5.91 Å². The molecule has 17 heavy (non-hydrogen) atoms. The van der Waals surface area contributed by atoms with Crippen LogP contribution in [0.25, 0.3) is 0 Å². The van der Waals surface area contributed by atoms with Gasteiger partial charge in [-0.3, -0.25) is 4.79 Å². The zero-order valence-corrected chi connectivity index (χ0v) is 10.2. The molecular weight excluding hydrogens is 218 g/mol. The maximum absolute atomic E-state index is 11.6. The molecule has 0 atom stereocenters. The summed E-state index contributed by atoms with van der Waals surface area (Å²) in [6.45, 7) is 4.83. The molecule has 4 nitrogen and oxygen atoms in total. The fourth-order valence-corrected chi connectivity index (χ4v) is 1.45. The number of benzene rings is 1. The number of likely N-dealkylation sites (N-methyl/N-ethyl adjacent to an activating group) is 1. The Balaban J connectivity index is 2.46. The maximum Gasteiger partial charge on any atom is 0.338 e. The molecule has 0 unspecified atom stereocenters. The summed E-state index contributed by atoms with van der Waals surface area (Å²) in [6, 6.07) is 8.64. The number of carbonyl (C=O) groups excluding carboxylic acids is 2. The summed E-state index contributed by atoms with van der Waals surface area (Å²) in [6.07, 6.45) is 0. The Morgan fingerprint density at radius 1 is 1.12 bits per heavy atom. The third-order valence-corrected chi connectivity index (χ3v) is 2.45. The normalized spacial score (nSPS) is 9.76. The second-order valence-corrected chi connectivity index (χ2v) is 3.51. The van der Waals surface area contributed by atoms with Gasteiger partial charge in [0.15, 0.2) is 6.61 Å². The molecule has 0 aliphatic heterocycles. The minimum atomic E-state index is -0.467. The van der Waals surface area contributed by atoms with E-state index in [0.29, 0.717) is 18.7 Å². The van der Waals surface area contributed by atoms with E-state index in [-0.39, 0.29) is 12.5 Å². The molecule has 0 saturated carbocycles. The van der Waals surface area contributed by atoms with Crippen molar-refractivity contribution < 1.29 is 14.3 Å². The van der Waals surface area contributed by atoms with E-state index in [0.717, 1.165) is 0 Å². The molecular formula is C13H17NO3. The summed E-state index contributed by atoms with van der Waals surface area (Å²) in [7, 11) is 0. The van der Waals surface area contributed by atoms with Gasteiger partial charge in [-0.1, -0.05) is 18.2 Å². The lowest BCUT2D eigenvalue weighted by Gasteiger charge is -2.18. The monoisotopic (exact) mass is 235 g/mol. The van der Waals surface area contributed by atoms with Gasteiger partial charge < -0.3 is 9.64 Å². The van der Waals surface area contributed by atoms with E-state index in [1.54, 1.807) is 29.2 Å². The summed E-state index contributed by atoms with van der Waals surface area (Å²) < 4.78 is 4.94. The van der Waals surface area contributed by atoms with E-state index in [4.69, 9.17) is 4.74 Å². The van der Waals surface area contributed by atoms with Crippen LogP contribution in [0.3, 0.4) is 0 Å². The summed E-state index contributed by atoms with van der Waals surface area (Å²) in [5, 5.41) is 0. The van der Waals surface area contributed by atoms with Crippen LogP contribution in [0.1, 0.15) is 24.2 Å². The first-order valence-electron chi connectivity index (χ1n) is 5.69. The summed E-state index contributed by atoms with van der Waals surface area (Å²) in [5.74, 6) is -0.634. The highest BCUT2D eigenvalue weighted by molar-refractivity contribution is 5.91. The summed E-state index contributed by atoms with van der Waals surface area (Å²) in [4.78, 5) is 24.8. The Morgan fingerprint density at radius 3 is 2.24 bits per heavy atom. The minimum Gasteiger partial charge on any atom is -0.452 e. The lowest BCUT2D eigenvalue weighted by atomic mass is 10.2. The van der Waals surface area contributed by atoms with Crippen molar-refractivity contribution in [2.75, 3.05) is 19.7 Å². The largest absolute Gasteiger partial charge is 0.452 e. The van der Waals surface area contributed by atoms with Crippen molar-refractivity contribution in [3.05, 3.63) is 35.9 Å². The molecule has 0 aliphatic carbocycles. The maximum atomic E-state index is 11.6. The molecule has 1 aromatic rings. The van der Waals surface area contributed by atoms with Gasteiger partial charge in [-0.15, -0.1) is 0 Å². The minimum absolute atomic E-state index is 0.167. The van der Waals surface area contributed by atoms with E-state index in [1.165, 1.54) is 0 Å². The van der Waals surface area contributed by atoms with E-state index < -0.39 is 5.97 Å². The van der Waals surface area contributed by atoms with Crippen molar-refractivity contribution in [2.45, 2.75) is 13.8 Å². The van der Waals surface area contributed by atoms with Crippen LogP contribution in [0.4, 0.5) is 0 Å². The molecule has 0 fully saturated rings. The smallest absolute Gasteiger partial charge is 0.338 e. The fourth-order valence-electron chi connectivity index (χ4n) is 1.45. The Morgan fingerprint density at radius 2 is 1.71 bits per heavy atom. The van der Waals surface area contributed by atoms with Crippen LogP contribution >= 0.6 is 0 Å². The van der Waals surface area contributed by atoms with Gasteiger partial charge in [0.1, 0.15) is 0 Å². The molecule has 0 aromatic heterocycles. The molecule has 0 aliphatic rings. The number of nitrogens with zero attached hydrogens (tertiary/aromatic N) is 1. The molecule has 1 amide bonds. The number of carbonyl (C=O) groups is 2. The quantitative estimate of drug-likeness (QED) is 0.730. The van der Waals surface area contributed by atoms with Gasteiger partial charge in [-0.25, -0.2) is 4.79 Å². The topological polar surface area (TPSA) is 46.6 Å². The zero-order valence-electron chi connectivity index (χ0n) is 10.2. The van der Waals surface area contributed by atoms with Crippen LogP contribution in [0.15, 0.2) is 30.3 Å². The highest BCUT2D eigenvalue weighted by Crippen LogP contribution is 2.01. The number of hydrogen-bond donors (Lipinski definition) is 0. The third-order valence-electron chi connectivity index (χ3n) is 2.45. The van der Waals surface area contributed by atoms with Crippen molar-refractivity contribution in [3.8, 4) is 0 Å². The van der Waals surface area contributed by atoms with Crippen molar-refractivity contribution in [3.63, 3.8) is 0 Å². The van der Waals surface area contributed by atoms with Gasteiger partial charge >= 0.3 is 5.97 Å². The van der Waals surface area contributed by atoms with Crippen LogP contribution in [0.2, 0.25) is 0 Å². The van der Waals surface area contributed by atoms with Crippen molar-refractivity contribution >= 4 is 11.9 Å².